The average molecular weight is 380 g/mol. The molecule has 0 radical (unpaired) electrons. The van der Waals surface area contributed by atoms with Gasteiger partial charge in [-0.25, -0.2) is 0 Å². The summed E-state index contributed by atoms with van der Waals surface area (Å²) < 4.78 is 6.05. The molecule has 1 heterocycles. The maximum Gasteiger partial charge on any atom is 0.0768 e. The number of hydrogen-bond donors (Lipinski definition) is 0. The smallest absolute Gasteiger partial charge is 0.0768 e. The monoisotopic (exact) mass is 379 g/mol. The fourth-order valence-corrected chi connectivity index (χ4v) is 4.14. The van der Waals surface area contributed by atoms with Gasteiger partial charge < -0.3 is 4.74 Å². The molecule has 2 aromatic rings. The first kappa shape index (κ1) is 18.5. The highest BCUT2D eigenvalue weighted by molar-refractivity contribution is 6.33. The average Bonchev–Trinajstić information content (AvgIpc) is 2.71. The van der Waals surface area contributed by atoms with E-state index in [0.717, 1.165) is 43.2 Å². The van der Waals surface area contributed by atoms with Gasteiger partial charge in [0.15, 0.2) is 0 Å². The lowest BCUT2D eigenvalue weighted by Crippen LogP contribution is -2.45. The number of allylic oxidation sites excluding steroid dienone is 3. The zero-order valence-corrected chi connectivity index (χ0v) is 16.5. The summed E-state index contributed by atoms with van der Waals surface area (Å²) in [5.74, 6) is 0.503. The summed E-state index contributed by atoms with van der Waals surface area (Å²) in [6.45, 7) is 5.87. The van der Waals surface area contributed by atoms with E-state index in [2.05, 4.69) is 66.5 Å². The third-order valence-electron chi connectivity index (χ3n) is 5.46. The second kappa shape index (κ2) is 8.43. The highest BCUT2D eigenvalue weighted by Crippen LogP contribution is 2.29. The maximum absolute atomic E-state index is 6.38. The van der Waals surface area contributed by atoms with E-state index in [1.807, 2.05) is 12.1 Å². The fourth-order valence-electron chi connectivity index (χ4n) is 3.92. The number of morpholine rings is 1. The minimum absolute atomic E-state index is 0.297. The quantitative estimate of drug-likeness (QED) is 0.680. The van der Waals surface area contributed by atoms with Gasteiger partial charge in [-0.3, -0.25) is 4.90 Å². The molecule has 1 saturated heterocycles. The van der Waals surface area contributed by atoms with Crippen LogP contribution in [-0.2, 0) is 11.3 Å². The van der Waals surface area contributed by atoms with Crippen LogP contribution >= 0.6 is 11.6 Å². The predicted octanol–water partition coefficient (Wildman–Crippen LogP) is 5.65. The van der Waals surface area contributed by atoms with Crippen molar-refractivity contribution >= 4 is 11.6 Å². The highest BCUT2D eigenvalue weighted by Gasteiger charge is 2.26. The first-order valence-corrected chi connectivity index (χ1v) is 10.1. The van der Waals surface area contributed by atoms with E-state index in [0.29, 0.717) is 12.0 Å². The van der Waals surface area contributed by atoms with Gasteiger partial charge in [-0.2, -0.15) is 0 Å². The van der Waals surface area contributed by atoms with Crippen LogP contribution in [0.5, 0.6) is 0 Å². The Labute approximate surface area is 167 Å². The Balaban J connectivity index is 1.41. The van der Waals surface area contributed by atoms with Crippen molar-refractivity contribution < 1.29 is 4.74 Å². The van der Waals surface area contributed by atoms with Gasteiger partial charge >= 0.3 is 0 Å². The lowest BCUT2D eigenvalue weighted by atomic mass is 9.93. The van der Waals surface area contributed by atoms with Crippen molar-refractivity contribution in [2.24, 2.45) is 5.92 Å². The first-order chi connectivity index (χ1) is 13.2. The molecule has 1 fully saturated rings. The Bertz CT molecular complexity index is 840. The lowest BCUT2D eigenvalue weighted by Gasteiger charge is -2.36. The van der Waals surface area contributed by atoms with Crippen LogP contribution in [0.1, 0.15) is 17.5 Å². The molecule has 0 saturated carbocycles. The molecule has 2 nitrogen and oxygen atoms in total. The second-order valence-corrected chi connectivity index (χ2v) is 7.94. The predicted molar refractivity (Wildman–Crippen MR) is 113 cm³/mol. The summed E-state index contributed by atoms with van der Waals surface area (Å²) in [6, 6.07) is 15.0. The lowest BCUT2D eigenvalue weighted by molar-refractivity contribution is -0.0504. The van der Waals surface area contributed by atoms with Crippen molar-refractivity contribution in [1.82, 2.24) is 4.90 Å². The molecule has 0 N–H and O–H groups in total. The fraction of sp³-hybridized carbons (Fsp3) is 0.333. The van der Waals surface area contributed by atoms with Gasteiger partial charge in [0.1, 0.15) is 0 Å². The van der Waals surface area contributed by atoms with E-state index in [9.17, 15) is 0 Å². The van der Waals surface area contributed by atoms with Gasteiger partial charge in [-0.05, 0) is 36.6 Å². The Morgan fingerprint density at radius 1 is 1.11 bits per heavy atom. The van der Waals surface area contributed by atoms with E-state index in [1.54, 1.807) is 0 Å². The molecule has 0 amide bonds. The van der Waals surface area contributed by atoms with Crippen molar-refractivity contribution in [3.63, 3.8) is 0 Å². The summed E-state index contributed by atoms with van der Waals surface area (Å²) >= 11 is 6.38. The van der Waals surface area contributed by atoms with Crippen LogP contribution in [0.15, 0.2) is 66.8 Å². The van der Waals surface area contributed by atoms with E-state index >= 15 is 0 Å². The number of aryl methyl sites for hydroxylation is 1. The van der Waals surface area contributed by atoms with Crippen LogP contribution in [0, 0.1) is 12.8 Å². The largest absolute Gasteiger partial charge is 0.375 e. The zero-order valence-electron chi connectivity index (χ0n) is 15.8. The van der Waals surface area contributed by atoms with E-state index in [-0.39, 0.29) is 0 Å². The van der Waals surface area contributed by atoms with Crippen LogP contribution in [0.4, 0.5) is 0 Å². The molecule has 0 bridgehead atoms. The third-order valence-corrected chi connectivity index (χ3v) is 5.79. The van der Waals surface area contributed by atoms with Crippen molar-refractivity contribution in [2.45, 2.75) is 26.0 Å². The number of hydrogen-bond acceptors (Lipinski definition) is 2. The summed E-state index contributed by atoms with van der Waals surface area (Å²) in [4.78, 5) is 2.51. The molecule has 2 aliphatic rings. The molecule has 3 heteroatoms. The molecule has 4 rings (SSSR count). The van der Waals surface area contributed by atoms with Crippen molar-refractivity contribution in [3.8, 4) is 11.1 Å². The highest BCUT2D eigenvalue weighted by atomic mass is 35.5. The molecule has 140 valence electrons. The standard InChI is InChI=1S/C24H26ClNO/c1-18-7-12-23(25)22(15-18)20-10-8-19(9-11-20)16-26-13-14-27-24(17-26)21-5-3-2-4-6-21/h2-5,7-12,15,21,24H,6,13-14,16-17H2,1H3/t21?,24-/m1/s1. The number of ether oxygens (including phenoxy) is 1. The minimum Gasteiger partial charge on any atom is -0.375 e. The Morgan fingerprint density at radius 2 is 1.96 bits per heavy atom. The summed E-state index contributed by atoms with van der Waals surface area (Å²) in [5, 5.41) is 0.805. The van der Waals surface area contributed by atoms with Crippen LogP contribution in [-0.4, -0.2) is 30.7 Å². The van der Waals surface area contributed by atoms with Crippen LogP contribution in [0.2, 0.25) is 5.02 Å². The Hall–Kier alpha value is -1.87. The Kier molecular flexibility index (Phi) is 5.77. The number of rotatable bonds is 4. The second-order valence-electron chi connectivity index (χ2n) is 7.54. The van der Waals surface area contributed by atoms with Crippen molar-refractivity contribution in [2.75, 3.05) is 19.7 Å². The Morgan fingerprint density at radius 3 is 2.74 bits per heavy atom. The molecule has 27 heavy (non-hydrogen) atoms. The molecular weight excluding hydrogens is 354 g/mol. The molecule has 2 atom stereocenters. The first-order valence-electron chi connectivity index (χ1n) is 9.72. The van der Waals surface area contributed by atoms with E-state index < -0.39 is 0 Å². The molecule has 1 aliphatic heterocycles. The number of halogens is 1. The van der Waals surface area contributed by atoms with Gasteiger partial charge in [0.25, 0.3) is 0 Å². The van der Waals surface area contributed by atoms with Gasteiger partial charge in [-0.15, -0.1) is 0 Å². The molecule has 1 unspecified atom stereocenters. The summed E-state index contributed by atoms with van der Waals surface area (Å²) in [5.41, 5.74) is 4.84. The van der Waals surface area contributed by atoms with Crippen molar-refractivity contribution in [1.29, 1.82) is 0 Å². The summed E-state index contributed by atoms with van der Waals surface area (Å²) in [7, 11) is 0. The number of benzene rings is 2. The number of nitrogens with zero attached hydrogens (tertiary/aromatic N) is 1. The van der Waals surface area contributed by atoms with Gasteiger partial charge in [0.05, 0.1) is 12.7 Å². The van der Waals surface area contributed by atoms with Crippen LogP contribution < -0.4 is 0 Å². The zero-order chi connectivity index (χ0) is 18.6. The summed E-state index contributed by atoms with van der Waals surface area (Å²) in [6.07, 6.45) is 10.2. The molecule has 1 aliphatic carbocycles. The SMILES string of the molecule is Cc1ccc(Cl)c(-c2ccc(CN3CCO[C@@H](C4C=CC=CC4)C3)cc2)c1. The topological polar surface area (TPSA) is 12.5 Å². The third kappa shape index (κ3) is 4.52. The van der Waals surface area contributed by atoms with E-state index in [4.69, 9.17) is 16.3 Å². The normalized spacial score (nSPS) is 22.9. The van der Waals surface area contributed by atoms with Crippen LogP contribution in [0.3, 0.4) is 0 Å². The van der Waals surface area contributed by atoms with E-state index in [1.165, 1.54) is 16.7 Å². The van der Waals surface area contributed by atoms with Crippen LogP contribution in [0.25, 0.3) is 11.1 Å². The van der Waals surface area contributed by atoms with Crippen molar-refractivity contribution in [3.05, 3.63) is 82.9 Å². The molecular formula is C24H26ClNO. The molecule has 0 aromatic heterocycles. The molecule has 2 aromatic carbocycles. The van der Waals surface area contributed by atoms with Gasteiger partial charge in [0.2, 0.25) is 0 Å². The minimum atomic E-state index is 0.297. The van der Waals surface area contributed by atoms with Gasteiger partial charge in [-0.1, -0.05) is 71.8 Å². The maximum atomic E-state index is 6.38. The molecule has 0 spiro atoms. The van der Waals surface area contributed by atoms with Gasteiger partial charge in [0, 0.05) is 36.1 Å².